The lowest BCUT2D eigenvalue weighted by molar-refractivity contribution is -0.151. The molecule has 146 valence electrons. The van der Waals surface area contributed by atoms with Crippen molar-refractivity contribution < 1.29 is 9.90 Å². The largest absolute Gasteiger partial charge is 0.480 e. The predicted molar refractivity (Wildman–Crippen MR) is 104 cm³/mol. The fourth-order valence-electron chi connectivity index (χ4n) is 7.41. The third-order valence-corrected chi connectivity index (χ3v) is 7.96. The third-order valence-electron chi connectivity index (χ3n) is 7.96. The summed E-state index contributed by atoms with van der Waals surface area (Å²) in [7, 11) is 0. The summed E-state index contributed by atoms with van der Waals surface area (Å²) in [5.41, 5.74) is 4.97. The molecule has 4 heteroatoms. The fraction of sp³-hybridized carbons (Fsp3) is 0.739. The Balaban J connectivity index is 1.39. The minimum atomic E-state index is -0.642. The first-order chi connectivity index (χ1) is 13.0. The number of hydrogen-bond acceptors (Lipinski definition) is 3. The van der Waals surface area contributed by atoms with E-state index in [9.17, 15) is 9.90 Å². The Labute approximate surface area is 162 Å². The highest BCUT2D eigenvalue weighted by atomic mass is 16.4. The quantitative estimate of drug-likeness (QED) is 0.824. The van der Waals surface area contributed by atoms with Crippen LogP contribution in [0.5, 0.6) is 0 Å². The van der Waals surface area contributed by atoms with E-state index < -0.39 is 12.0 Å². The Morgan fingerprint density at radius 1 is 1.19 bits per heavy atom. The van der Waals surface area contributed by atoms with Crippen molar-refractivity contribution in [2.75, 3.05) is 0 Å². The van der Waals surface area contributed by atoms with E-state index in [0.29, 0.717) is 6.54 Å². The van der Waals surface area contributed by atoms with E-state index in [0.717, 1.165) is 55.6 Å². The number of carboxylic acid groups (broad SMARTS) is 1. The van der Waals surface area contributed by atoms with Gasteiger partial charge < -0.3 is 5.11 Å². The molecule has 1 aromatic heterocycles. The van der Waals surface area contributed by atoms with Crippen LogP contribution in [0.4, 0.5) is 0 Å². The van der Waals surface area contributed by atoms with Crippen molar-refractivity contribution in [2.45, 2.75) is 83.7 Å². The molecular formula is C23H32N2O2. The SMILES string of the molecule is Cc1cc(CNC(C(=O)O)C23CC4CC(CC(C4)C2)C3)c2c(n1)CCCC2. The number of carboxylic acids is 1. The van der Waals surface area contributed by atoms with Gasteiger partial charge in [-0.05, 0) is 111 Å². The lowest BCUT2D eigenvalue weighted by Gasteiger charge is -2.58. The van der Waals surface area contributed by atoms with Crippen LogP contribution in [-0.4, -0.2) is 22.1 Å². The van der Waals surface area contributed by atoms with Gasteiger partial charge in [0.25, 0.3) is 0 Å². The van der Waals surface area contributed by atoms with Crippen LogP contribution in [0.3, 0.4) is 0 Å². The van der Waals surface area contributed by atoms with Crippen molar-refractivity contribution in [3.05, 3.63) is 28.6 Å². The van der Waals surface area contributed by atoms with E-state index in [1.807, 2.05) is 0 Å². The first kappa shape index (κ1) is 17.7. The summed E-state index contributed by atoms with van der Waals surface area (Å²) in [6, 6.07) is 1.77. The number of aromatic nitrogens is 1. The van der Waals surface area contributed by atoms with Crippen LogP contribution in [0.2, 0.25) is 0 Å². The number of pyridine rings is 1. The zero-order valence-corrected chi connectivity index (χ0v) is 16.5. The Hall–Kier alpha value is -1.42. The van der Waals surface area contributed by atoms with Gasteiger partial charge in [-0.3, -0.25) is 15.1 Å². The van der Waals surface area contributed by atoms with Crippen LogP contribution in [0.1, 0.15) is 73.9 Å². The average Bonchev–Trinajstić information content (AvgIpc) is 2.60. The Kier molecular flexibility index (Phi) is 4.30. The van der Waals surface area contributed by atoms with Gasteiger partial charge in [-0.2, -0.15) is 0 Å². The normalized spacial score (nSPS) is 35.1. The summed E-state index contributed by atoms with van der Waals surface area (Å²) in [6.07, 6.45) is 12.0. The van der Waals surface area contributed by atoms with Gasteiger partial charge in [0.2, 0.25) is 0 Å². The number of carbonyl (C=O) groups is 1. The summed E-state index contributed by atoms with van der Waals surface area (Å²) in [4.78, 5) is 17.1. The van der Waals surface area contributed by atoms with E-state index in [2.05, 4.69) is 18.3 Å². The minimum Gasteiger partial charge on any atom is -0.480 e. The number of aryl methyl sites for hydroxylation is 2. The molecule has 0 amide bonds. The lowest BCUT2D eigenvalue weighted by atomic mass is 9.47. The molecule has 5 aliphatic rings. The molecule has 1 unspecified atom stereocenters. The van der Waals surface area contributed by atoms with Crippen LogP contribution in [0, 0.1) is 30.1 Å². The van der Waals surface area contributed by atoms with Gasteiger partial charge in [-0.1, -0.05) is 0 Å². The molecule has 4 nitrogen and oxygen atoms in total. The number of rotatable bonds is 5. The molecule has 4 saturated carbocycles. The Morgan fingerprint density at radius 3 is 2.44 bits per heavy atom. The standard InChI is InChI=1S/C23H32N2O2/c1-14-6-18(19-4-2-3-5-20(19)25-14)13-24-21(22(26)27)23-10-15-7-16(11-23)9-17(8-15)12-23/h6,15-17,21,24H,2-5,7-13H2,1H3,(H,26,27). The summed E-state index contributed by atoms with van der Waals surface area (Å²) in [6.45, 7) is 2.73. The van der Waals surface area contributed by atoms with Gasteiger partial charge in [0.1, 0.15) is 6.04 Å². The molecule has 1 aromatic rings. The fourth-order valence-corrected chi connectivity index (χ4v) is 7.41. The van der Waals surface area contributed by atoms with Gasteiger partial charge in [0.05, 0.1) is 0 Å². The number of hydrogen-bond donors (Lipinski definition) is 2. The highest BCUT2D eigenvalue weighted by Crippen LogP contribution is 2.61. The molecule has 5 aliphatic carbocycles. The zero-order chi connectivity index (χ0) is 18.6. The summed E-state index contributed by atoms with van der Waals surface area (Å²) >= 11 is 0. The molecule has 4 fully saturated rings. The first-order valence-corrected chi connectivity index (χ1v) is 11.0. The van der Waals surface area contributed by atoms with E-state index in [-0.39, 0.29) is 5.41 Å². The van der Waals surface area contributed by atoms with Gasteiger partial charge in [-0.25, -0.2) is 0 Å². The summed E-state index contributed by atoms with van der Waals surface area (Å²) in [5.74, 6) is 1.68. The molecule has 0 aromatic carbocycles. The van der Waals surface area contributed by atoms with Crippen LogP contribution >= 0.6 is 0 Å². The topological polar surface area (TPSA) is 62.2 Å². The Bertz CT molecular complexity index is 722. The van der Waals surface area contributed by atoms with Crippen LogP contribution < -0.4 is 5.32 Å². The zero-order valence-electron chi connectivity index (χ0n) is 16.5. The van der Waals surface area contributed by atoms with Crippen LogP contribution in [0.25, 0.3) is 0 Å². The second-order valence-corrected chi connectivity index (χ2v) is 9.99. The van der Waals surface area contributed by atoms with E-state index >= 15 is 0 Å². The van der Waals surface area contributed by atoms with Crippen LogP contribution in [-0.2, 0) is 24.2 Å². The molecule has 4 bridgehead atoms. The number of aliphatic carboxylic acids is 1. The second-order valence-electron chi connectivity index (χ2n) is 9.99. The minimum absolute atomic E-state index is 0.0112. The van der Waals surface area contributed by atoms with Gasteiger partial charge in [-0.15, -0.1) is 0 Å². The van der Waals surface area contributed by atoms with Crippen molar-refractivity contribution in [2.24, 2.45) is 23.2 Å². The monoisotopic (exact) mass is 368 g/mol. The number of fused-ring (bicyclic) bond motifs is 1. The summed E-state index contributed by atoms with van der Waals surface area (Å²) < 4.78 is 0. The van der Waals surface area contributed by atoms with Crippen molar-refractivity contribution in [1.29, 1.82) is 0 Å². The van der Waals surface area contributed by atoms with E-state index in [1.54, 1.807) is 0 Å². The molecule has 0 aliphatic heterocycles. The molecule has 1 heterocycles. The maximum absolute atomic E-state index is 12.3. The first-order valence-electron chi connectivity index (χ1n) is 11.0. The highest BCUT2D eigenvalue weighted by molar-refractivity contribution is 5.75. The second kappa shape index (κ2) is 6.58. The van der Waals surface area contributed by atoms with Crippen molar-refractivity contribution >= 4 is 5.97 Å². The maximum atomic E-state index is 12.3. The van der Waals surface area contributed by atoms with Crippen molar-refractivity contribution in [1.82, 2.24) is 10.3 Å². The van der Waals surface area contributed by atoms with Crippen molar-refractivity contribution in [3.63, 3.8) is 0 Å². The molecule has 0 saturated heterocycles. The molecule has 2 N–H and O–H groups in total. The Morgan fingerprint density at radius 2 is 1.81 bits per heavy atom. The molecule has 6 rings (SSSR count). The number of nitrogens with one attached hydrogen (secondary N) is 1. The molecular weight excluding hydrogens is 336 g/mol. The third kappa shape index (κ3) is 3.10. The molecule has 27 heavy (non-hydrogen) atoms. The number of nitrogens with zero attached hydrogens (tertiary/aromatic N) is 1. The summed E-state index contributed by atoms with van der Waals surface area (Å²) in [5, 5.41) is 13.7. The molecule has 0 spiro atoms. The smallest absolute Gasteiger partial charge is 0.321 e. The average molecular weight is 369 g/mol. The van der Waals surface area contributed by atoms with Gasteiger partial charge in [0.15, 0.2) is 0 Å². The predicted octanol–water partition coefficient (Wildman–Crippen LogP) is 4.03. The van der Waals surface area contributed by atoms with E-state index in [1.165, 1.54) is 48.9 Å². The maximum Gasteiger partial charge on any atom is 0.321 e. The van der Waals surface area contributed by atoms with Gasteiger partial charge >= 0.3 is 5.97 Å². The molecule has 0 radical (unpaired) electrons. The van der Waals surface area contributed by atoms with E-state index in [4.69, 9.17) is 4.98 Å². The lowest BCUT2D eigenvalue weighted by Crippen LogP contribution is -2.58. The highest BCUT2D eigenvalue weighted by Gasteiger charge is 2.56. The van der Waals surface area contributed by atoms with Crippen LogP contribution in [0.15, 0.2) is 6.07 Å². The van der Waals surface area contributed by atoms with Crippen molar-refractivity contribution in [3.8, 4) is 0 Å². The van der Waals surface area contributed by atoms with Gasteiger partial charge in [0, 0.05) is 17.9 Å². The molecule has 1 atom stereocenters.